The molecule has 0 aliphatic rings. The topological polar surface area (TPSA) is 71.5 Å². The predicted octanol–water partition coefficient (Wildman–Crippen LogP) is 1.14. The molecule has 94 valence electrons. The molecule has 2 N–H and O–H groups in total. The summed E-state index contributed by atoms with van der Waals surface area (Å²) in [6.45, 7) is 5.57. The van der Waals surface area contributed by atoms with Crippen molar-refractivity contribution in [3.05, 3.63) is 23.5 Å². The number of aromatic hydroxyl groups is 1. The number of rotatable bonds is 4. The van der Waals surface area contributed by atoms with Gasteiger partial charge in [0.1, 0.15) is 11.3 Å². The quantitative estimate of drug-likeness (QED) is 0.770. The number of aromatic nitrogens is 1. The van der Waals surface area contributed by atoms with Gasteiger partial charge >= 0.3 is 5.97 Å². The summed E-state index contributed by atoms with van der Waals surface area (Å²) in [6, 6.07) is 3.31. The molecule has 0 aliphatic heterocycles. The first-order chi connectivity index (χ1) is 7.86. The van der Waals surface area contributed by atoms with Crippen molar-refractivity contribution in [1.29, 1.82) is 0 Å². The van der Waals surface area contributed by atoms with Crippen LogP contribution < -0.4 is 5.32 Å². The van der Waals surface area contributed by atoms with Gasteiger partial charge in [0.25, 0.3) is 0 Å². The van der Waals surface area contributed by atoms with Crippen molar-refractivity contribution >= 4 is 5.97 Å². The Labute approximate surface area is 101 Å². The highest BCUT2D eigenvalue weighted by atomic mass is 16.5. The third-order valence-corrected chi connectivity index (χ3v) is 2.48. The molecule has 0 saturated carbocycles. The first-order valence-corrected chi connectivity index (χ1v) is 5.36. The summed E-state index contributed by atoms with van der Waals surface area (Å²) >= 11 is 0. The molecule has 0 fully saturated rings. The van der Waals surface area contributed by atoms with Crippen molar-refractivity contribution in [2.45, 2.75) is 32.9 Å². The molecule has 1 aromatic rings. The van der Waals surface area contributed by atoms with Gasteiger partial charge in [-0.3, -0.25) is 15.1 Å². The van der Waals surface area contributed by atoms with Gasteiger partial charge in [-0.1, -0.05) is 0 Å². The highest BCUT2D eigenvalue weighted by molar-refractivity contribution is 5.79. The van der Waals surface area contributed by atoms with Crippen molar-refractivity contribution in [1.82, 2.24) is 10.3 Å². The summed E-state index contributed by atoms with van der Waals surface area (Å²) in [5.74, 6) is -0.242. The molecule has 0 spiro atoms. The van der Waals surface area contributed by atoms with Crippen LogP contribution in [-0.4, -0.2) is 28.7 Å². The number of nitrogens with zero attached hydrogens (tertiary/aromatic N) is 1. The standard InChI is InChI=1S/C12H18N2O3/c1-8-5-6-10(15)9(14-8)7-13-12(2,3)11(16)17-4/h5-6,13,15H,7H2,1-4H3. The SMILES string of the molecule is COC(=O)C(C)(C)NCc1nc(C)ccc1O. The van der Waals surface area contributed by atoms with Gasteiger partial charge < -0.3 is 9.84 Å². The number of pyridine rings is 1. The third kappa shape index (κ3) is 3.42. The second kappa shape index (κ2) is 5.14. The number of aryl methyl sites for hydroxylation is 1. The van der Waals surface area contributed by atoms with Crippen LogP contribution in [0.4, 0.5) is 0 Å². The lowest BCUT2D eigenvalue weighted by Crippen LogP contribution is -2.47. The van der Waals surface area contributed by atoms with E-state index >= 15 is 0 Å². The van der Waals surface area contributed by atoms with E-state index in [1.54, 1.807) is 26.0 Å². The molecule has 0 amide bonds. The van der Waals surface area contributed by atoms with E-state index in [1.807, 2.05) is 6.92 Å². The van der Waals surface area contributed by atoms with E-state index in [-0.39, 0.29) is 11.7 Å². The average Bonchev–Trinajstić information content (AvgIpc) is 2.29. The molecule has 17 heavy (non-hydrogen) atoms. The van der Waals surface area contributed by atoms with Crippen molar-refractivity contribution < 1.29 is 14.6 Å². The van der Waals surface area contributed by atoms with Crippen molar-refractivity contribution in [3.8, 4) is 5.75 Å². The molecule has 0 saturated heterocycles. The fraction of sp³-hybridized carbons (Fsp3) is 0.500. The molecule has 0 aliphatic carbocycles. The lowest BCUT2D eigenvalue weighted by molar-refractivity contribution is -0.147. The van der Waals surface area contributed by atoms with Gasteiger partial charge in [0.05, 0.1) is 12.8 Å². The summed E-state index contributed by atoms with van der Waals surface area (Å²) in [4.78, 5) is 15.6. The van der Waals surface area contributed by atoms with Crippen LogP contribution in [0.5, 0.6) is 5.75 Å². The minimum Gasteiger partial charge on any atom is -0.506 e. The van der Waals surface area contributed by atoms with Gasteiger partial charge in [0, 0.05) is 12.2 Å². The van der Waals surface area contributed by atoms with Crippen molar-refractivity contribution in [2.24, 2.45) is 0 Å². The number of ether oxygens (including phenoxy) is 1. The van der Waals surface area contributed by atoms with E-state index in [4.69, 9.17) is 0 Å². The van der Waals surface area contributed by atoms with E-state index < -0.39 is 5.54 Å². The van der Waals surface area contributed by atoms with Crippen LogP contribution in [0.25, 0.3) is 0 Å². The number of methoxy groups -OCH3 is 1. The van der Waals surface area contributed by atoms with E-state index in [1.165, 1.54) is 7.11 Å². The van der Waals surface area contributed by atoms with Crippen LogP contribution in [0, 0.1) is 6.92 Å². The molecule has 5 heteroatoms. The van der Waals surface area contributed by atoms with Crippen LogP contribution in [0.3, 0.4) is 0 Å². The summed E-state index contributed by atoms with van der Waals surface area (Å²) in [5.41, 5.74) is 0.518. The first kappa shape index (κ1) is 13.4. The van der Waals surface area contributed by atoms with E-state index in [0.717, 1.165) is 5.69 Å². The summed E-state index contributed by atoms with van der Waals surface area (Å²) in [7, 11) is 1.34. The predicted molar refractivity (Wildman–Crippen MR) is 63.6 cm³/mol. The lowest BCUT2D eigenvalue weighted by atomic mass is 10.1. The molecule has 0 unspecified atom stereocenters. The number of carbonyl (C=O) groups is 1. The van der Waals surface area contributed by atoms with E-state index in [9.17, 15) is 9.90 Å². The first-order valence-electron chi connectivity index (χ1n) is 5.36. The Hall–Kier alpha value is -1.62. The fourth-order valence-electron chi connectivity index (χ4n) is 1.37. The Kier molecular flexibility index (Phi) is 4.07. The Morgan fingerprint density at radius 1 is 1.53 bits per heavy atom. The zero-order chi connectivity index (χ0) is 13.1. The lowest BCUT2D eigenvalue weighted by Gasteiger charge is -2.23. The van der Waals surface area contributed by atoms with Gasteiger partial charge in [-0.15, -0.1) is 0 Å². The van der Waals surface area contributed by atoms with Gasteiger partial charge in [-0.05, 0) is 32.9 Å². The number of hydrogen-bond acceptors (Lipinski definition) is 5. The molecule has 5 nitrogen and oxygen atoms in total. The van der Waals surface area contributed by atoms with Gasteiger partial charge in [0.15, 0.2) is 0 Å². The second-order valence-electron chi connectivity index (χ2n) is 4.39. The van der Waals surface area contributed by atoms with Crippen molar-refractivity contribution in [3.63, 3.8) is 0 Å². The number of carbonyl (C=O) groups excluding carboxylic acids is 1. The van der Waals surface area contributed by atoms with Crippen LogP contribution in [-0.2, 0) is 16.1 Å². The van der Waals surface area contributed by atoms with Crippen LogP contribution >= 0.6 is 0 Å². The van der Waals surface area contributed by atoms with Crippen LogP contribution in [0.15, 0.2) is 12.1 Å². The summed E-state index contributed by atoms with van der Waals surface area (Å²) < 4.78 is 4.67. The summed E-state index contributed by atoms with van der Waals surface area (Å²) in [5, 5.41) is 12.6. The minimum absolute atomic E-state index is 0.115. The van der Waals surface area contributed by atoms with Crippen molar-refractivity contribution in [2.75, 3.05) is 7.11 Å². The summed E-state index contributed by atoms with van der Waals surface area (Å²) in [6.07, 6.45) is 0. The van der Waals surface area contributed by atoms with Gasteiger partial charge in [-0.25, -0.2) is 0 Å². The molecular formula is C12H18N2O3. The number of nitrogens with one attached hydrogen (secondary N) is 1. The molecule has 0 atom stereocenters. The largest absolute Gasteiger partial charge is 0.506 e. The maximum absolute atomic E-state index is 11.4. The van der Waals surface area contributed by atoms with Gasteiger partial charge in [-0.2, -0.15) is 0 Å². The zero-order valence-corrected chi connectivity index (χ0v) is 10.6. The number of esters is 1. The Balaban J connectivity index is 2.73. The Morgan fingerprint density at radius 3 is 2.76 bits per heavy atom. The normalized spacial score (nSPS) is 11.3. The Bertz CT molecular complexity index is 416. The maximum Gasteiger partial charge on any atom is 0.325 e. The molecular weight excluding hydrogens is 220 g/mol. The smallest absolute Gasteiger partial charge is 0.325 e. The molecule has 0 radical (unpaired) electrons. The second-order valence-corrected chi connectivity index (χ2v) is 4.39. The Morgan fingerprint density at radius 2 is 2.18 bits per heavy atom. The molecule has 0 aromatic carbocycles. The fourth-order valence-corrected chi connectivity index (χ4v) is 1.37. The highest BCUT2D eigenvalue weighted by Crippen LogP contribution is 2.15. The molecule has 1 rings (SSSR count). The maximum atomic E-state index is 11.4. The molecule has 1 aromatic heterocycles. The average molecular weight is 238 g/mol. The van der Waals surface area contributed by atoms with Crippen LogP contribution in [0.2, 0.25) is 0 Å². The molecule has 0 bridgehead atoms. The monoisotopic (exact) mass is 238 g/mol. The third-order valence-electron chi connectivity index (χ3n) is 2.48. The minimum atomic E-state index is -0.813. The van der Waals surface area contributed by atoms with E-state index in [0.29, 0.717) is 12.2 Å². The number of hydrogen-bond donors (Lipinski definition) is 2. The van der Waals surface area contributed by atoms with E-state index in [2.05, 4.69) is 15.0 Å². The zero-order valence-electron chi connectivity index (χ0n) is 10.6. The molecule has 1 heterocycles. The van der Waals surface area contributed by atoms with Crippen LogP contribution in [0.1, 0.15) is 25.2 Å². The van der Waals surface area contributed by atoms with Gasteiger partial charge in [0.2, 0.25) is 0 Å². The highest BCUT2D eigenvalue weighted by Gasteiger charge is 2.28.